The molecule has 1 aliphatic heterocycles. The molecule has 0 bridgehead atoms. The number of rotatable bonds is 3. The van der Waals surface area contributed by atoms with E-state index in [0.29, 0.717) is 12.0 Å². The third-order valence-electron chi connectivity index (χ3n) is 3.35. The van der Waals surface area contributed by atoms with E-state index in [9.17, 15) is 4.39 Å². The van der Waals surface area contributed by atoms with Crippen LogP contribution in [0.3, 0.4) is 0 Å². The van der Waals surface area contributed by atoms with E-state index in [4.69, 9.17) is 0 Å². The Morgan fingerprint density at radius 1 is 1.35 bits per heavy atom. The molecule has 0 aliphatic carbocycles. The predicted octanol–water partition coefficient (Wildman–Crippen LogP) is 2.65. The second kappa shape index (κ2) is 5.50. The first-order valence-corrected chi connectivity index (χ1v) is 6.43. The first kappa shape index (κ1) is 12.4. The molecule has 3 heteroatoms. The molecule has 1 N–H and O–H groups in total. The van der Waals surface area contributed by atoms with Crippen LogP contribution in [0.25, 0.3) is 0 Å². The minimum Gasteiger partial charge on any atom is -0.367 e. The van der Waals surface area contributed by atoms with Gasteiger partial charge in [0, 0.05) is 19.1 Å². The van der Waals surface area contributed by atoms with Crippen LogP contribution in [0.2, 0.25) is 0 Å². The van der Waals surface area contributed by atoms with E-state index in [1.807, 2.05) is 12.1 Å². The number of nitrogens with one attached hydrogen (secondary N) is 1. The molecule has 2 unspecified atom stereocenters. The summed E-state index contributed by atoms with van der Waals surface area (Å²) in [6.07, 6.45) is 1.18. The van der Waals surface area contributed by atoms with Crippen molar-refractivity contribution < 1.29 is 4.39 Å². The van der Waals surface area contributed by atoms with Gasteiger partial charge in [0.2, 0.25) is 0 Å². The number of hydrogen-bond acceptors (Lipinski definition) is 2. The molecular weight excluding hydrogens is 215 g/mol. The summed E-state index contributed by atoms with van der Waals surface area (Å²) >= 11 is 0. The van der Waals surface area contributed by atoms with Gasteiger partial charge < -0.3 is 10.2 Å². The van der Waals surface area contributed by atoms with Crippen molar-refractivity contribution in [3.8, 4) is 0 Å². The van der Waals surface area contributed by atoms with E-state index in [1.165, 1.54) is 12.5 Å². The summed E-state index contributed by atoms with van der Waals surface area (Å²) < 4.78 is 13.8. The van der Waals surface area contributed by atoms with Crippen molar-refractivity contribution >= 4 is 5.69 Å². The summed E-state index contributed by atoms with van der Waals surface area (Å²) in [5, 5.41) is 3.47. The second-order valence-corrected chi connectivity index (χ2v) is 4.95. The molecule has 1 aromatic carbocycles. The van der Waals surface area contributed by atoms with Crippen molar-refractivity contribution in [2.45, 2.75) is 26.3 Å². The molecular formula is C14H21FN2. The number of anilines is 1. The zero-order chi connectivity index (χ0) is 12.3. The molecule has 1 fully saturated rings. The molecule has 0 aromatic heterocycles. The van der Waals surface area contributed by atoms with Gasteiger partial charge in [-0.2, -0.15) is 0 Å². The fourth-order valence-corrected chi connectivity index (χ4v) is 2.69. The van der Waals surface area contributed by atoms with Crippen LogP contribution in [0.15, 0.2) is 24.3 Å². The van der Waals surface area contributed by atoms with Gasteiger partial charge in [-0.1, -0.05) is 26.0 Å². The Labute approximate surface area is 103 Å². The van der Waals surface area contributed by atoms with E-state index in [1.54, 1.807) is 6.07 Å². The number of benzene rings is 1. The van der Waals surface area contributed by atoms with E-state index in [2.05, 4.69) is 24.1 Å². The molecule has 2 atom stereocenters. The average molecular weight is 236 g/mol. The summed E-state index contributed by atoms with van der Waals surface area (Å²) in [7, 11) is 0. The number of halogens is 1. The van der Waals surface area contributed by atoms with E-state index in [-0.39, 0.29) is 5.82 Å². The zero-order valence-corrected chi connectivity index (χ0v) is 10.6. The highest BCUT2D eigenvalue weighted by atomic mass is 19.1. The van der Waals surface area contributed by atoms with Gasteiger partial charge in [0.05, 0.1) is 5.69 Å². The van der Waals surface area contributed by atoms with E-state index >= 15 is 0 Å². The Balaban J connectivity index is 2.12. The Kier molecular flexibility index (Phi) is 4.00. The van der Waals surface area contributed by atoms with Gasteiger partial charge in [0.15, 0.2) is 0 Å². The highest BCUT2D eigenvalue weighted by Crippen LogP contribution is 2.25. The third kappa shape index (κ3) is 2.97. The highest BCUT2D eigenvalue weighted by molar-refractivity contribution is 5.48. The monoisotopic (exact) mass is 236 g/mol. The van der Waals surface area contributed by atoms with Crippen molar-refractivity contribution in [3.05, 3.63) is 30.1 Å². The maximum Gasteiger partial charge on any atom is 0.146 e. The third-order valence-corrected chi connectivity index (χ3v) is 3.35. The topological polar surface area (TPSA) is 15.3 Å². The Morgan fingerprint density at radius 2 is 2.12 bits per heavy atom. The fourth-order valence-electron chi connectivity index (χ4n) is 2.69. The largest absolute Gasteiger partial charge is 0.367 e. The molecule has 0 amide bonds. The van der Waals surface area contributed by atoms with Gasteiger partial charge in [-0.05, 0) is 31.0 Å². The summed E-state index contributed by atoms with van der Waals surface area (Å²) in [6.45, 7) is 7.18. The smallest absolute Gasteiger partial charge is 0.146 e. The van der Waals surface area contributed by atoms with Crippen LogP contribution in [0.4, 0.5) is 10.1 Å². The Bertz CT molecular complexity index is 367. The van der Waals surface area contributed by atoms with Gasteiger partial charge in [0.1, 0.15) is 5.82 Å². The Morgan fingerprint density at radius 3 is 2.82 bits per heavy atom. The summed E-state index contributed by atoms with van der Waals surface area (Å²) in [6, 6.07) is 7.53. The van der Waals surface area contributed by atoms with Crippen LogP contribution in [0.1, 0.15) is 20.3 Å². The molecule has 1 aliphatic rings. The Hall–Kier alpha value is -1.09. The van der Waals surface area contributed by atoms with E-state index in [0.717, 1.165) is 25.3 Å². The summed E-state index contributed by atoms with van der Waals surface area (Å²) in [4.78, 5) is 2.16. The standard InChI is InChI=1S/C14H21FN2/c1-3-16-12-8-11(2)9-17(10-12)14-7-5-4-6-13(14)15/h4-7,11-12,16H,3,8-10H2,1-2H3. The molecule has 2 rings (SSSR count). The molecule has 17 heavy (non-hydrogen) atoms. The van der Waals surface area contributed by atoms with Crippen LogP contribution < -0.4 is 10.2 Å². The maximum atomic E-state index is 13.8. The SMILES string of the molecule is CCNC1CC(C)CN(c2ccccc2F)C1. The van der Waals surface area contributed by atoms with Gasteiger partial charge in [-0.3, -0.25) is 0 Å². The summed E-state index contributed by atoms with van der Waals surface area (Å²) in [5.74, 6) is 0.490. The number of hydrogen-bond donors (Lipinski definition) is 1. The number of nitrogens with zero attached hydrogens (tertiary/aromatic N) is 1. The first-order valence-electron chi connectivity index (χ1n) is 6.43. The van der Waals surface area contributed by atoms with Crippen molar-refractivity contribution in [1.29, 1.82) is 0 Å². The van der Waals surface area contributed by atoms with Gasteiger partial charge in [0.25, 0.3) is 0 Å². The quantitative estimate of drug-likeness (QED) is 0.868. The van der Waals surface area contributed by atoms with Gasteiger partial charge in [-0.15, -0.1) is 0 Å². The van der Waals surface area contributed by atoms with Crippen LogP contribution in [-0.4, -0.2) is 25.7 Å². The van der Waals surface area contributed by atoms with Crippen molar-refractivity contribution in [2.75, 3.05) is 24.5 Å². The lowest BCUT2D eigenvalue weighted by atomic mass is 9.95. The minimum atomic E-state index is -0.114. The molecule has 1 heterocycles. The van der Waals surface area contributed by atoms with Crippen LogP contribution in [0, 0.1) is 11.7 Å². The van der Waals surface area contributed by atoms with Crippen molar-refractivity contribution in [2.24, 2.45) is 5.92 Å². The van der Waals surface area contributed by atoms with Crippen molar-refractivity contribution in [1.82, 2.24) is 5.32 Å². The second-order valence-electron chi connectivity index (χ2n) is 4.95. The number of likely N-dealkylation sites (N-methyl/N-ethyl adjacent to an activating group) is 1. The molecule has 1 saturated heterocycles. The molecule has 0 radical (unpaired) electrons. The zero-order valence-electron chi connectivity index (χ0n) is 10.6. The predicted molar refractivity (Wildman–Crippen MR) is 69.9 cm³/mol. The minimum absolute atomic E-state index is 0.114. The molecule has 2 nitrogen and oxygen atoms in total. The highest BCUT2D eigenvalue weighted by Gasteiger charge is 2.25. The average Bonchev–Trinajstić information content (AvgIpc) is 2.29. The number of piperidine rings is 1. The van der Waals surface area contributed by atoms with Crippen LogP contribution in [0.5, 0.6) is 0 Å². The molecule has 94 valence electrons. The number of para-hydroxylation sites is 1. The summed E-state index contributed by atoms with van der Waals surface area (Å²) in [5.41, 5.74) is 0.738. The molecule has 0 saturated carbocycles. The van der Waals surface area contributed by atoms with Gasteiger partial charge in [-0.25, -0.2) is 4.39 Å². The first-order chi connectivity index (χ1) is 8.20. The molecule has 1 aromatic rings. The lowest BCUT2D eigenvalue weighted by Gasteiger charge is -2.38. The lowest BCUT2D eigenvalue weighted by molar-refractivity contribution is 0.354. The van der Waals surface area contributed by atoms with Crippen LogP contribution in [-0.2, 0) is 0 Å². The maximum absolute atomic E-state index is 13.8. The molecule has 0 spiro atoms. The van der Waals surface area contributed by atoms with Crippen molar-refractivity contribution in [3.63, 3.8) is 0 Å². The van der Waals surface area contributed by atoms with E-state index < -0.39 is 0 Å². The van der Waals surface area contributed by atoms with Crippen LogP contribution >= 0.6 is 0 Å². The fraction of sp³-hybridized carbons (Fsp3) is 0.571. The van der Waals surface area contributed by atoms with Gasteiger partial charge >= 0.3 is 0 Å². The normalized spacial score (nSPS) is 25.0. The lowest BCUT2D eigenvalue weighted by Crippen LogP contribution is -2.49.